The first-order valence-corrected chi connectivity index (χ1v) is 8.26. The molecule has 0 atom stereocenters. The molecule has 126 valence electrons. The van der Waals surface area contributed by atoms with E-state index in [1.54, 1.807) is 18.5 Å². The van der Waals surface area contributed by atoms with E-state index < -0.39 is 0 Å². The number of aryl methyl sites for hydroxylation is 3. The Balaban J connectivity index is 1.69. The highest BCUT2D eigenvalue weighted by Gasteiger charge is 2.27. The van der Waals surface area contributed by atoms with Crippen LogP contribution in [0.3, 0.4) is 0 Å². The van der Waals surface area contributed by atoms with Crippen LogP contribution >= 0.6 is 0 Å². The van der Waals surface area contributed by atoms with Gasteiger partial charge in [0.15, 0.2) is 0 Å². The first-order chi connectivity index (χ1) is 11.5. The molecule has 1 aromatic heterocycles. The number of piperazine rings is 1. The Morgan fingerprint density at radius 2 is 1.46 bits per heavy atom. The van der Waals surface area contributed by atoms with E-state index in [0.717, 1.165) is 16.7 Å². The molecule has 0 unspecified atom stereocenters. The van der Waals surface area contributed by atoms with Crippen molar-refractivity contribution in [2.45, 2.75) is 20.8 Å². The maximum Gasteiger partial charge on any atom is 0.255 e. The zero-order valence-corrected chi connectivity index (χ0v) is 14.4. The molecule has 0 saturated carbocycles. The normalized spacial score (nSPS) is 14.8. The van der Waals surface area contributed by atoms with E-state index in [4.69, 9.17) is 0 Å². The number of aromatic amines is 1. The number of hydrogen-bond acceptors (Lipinski definition) is 2. The van der Waals surface area contributed by atoms with Gasteiger partial charge in [0, 0.05) is 44.1 Å². The van der Waals surface area contributed by atoms with E-state index in [1.807, 2.05) is 42.7 Å². The lowest BCUT2D eigenvalue weighted by Crippen LogP contribution is -2.50. The van der Waals surface area contributed by atoms with Crippen LogP contribution < -0.4 is 0 Å². The van der Waals surface area contributed by atoms with Gasteiger partial charge in [-0.3, -0.25) is 9.59 Å². The lowest BCUT2D eigenvalue weighted by atomic mass is 9.98. The summed E-state index contributed by atoms with van der Waals surface area (Å²) in [5.74, 6) is 0.0878. The van der Waals surface area contributed by atoms with Crippen LogP contribution in [-0.4, -0.2) is 52.8 Å². The summed E-state index contributed by atoms with van der Waals surface area (Å²) in [7, 11) is 0. The van der Waals surface area contributed by atoms with E-state index in [2.05, 4.69) is 4.98 Å². The second kappa shape index (κ2) is 6.51. The van der Waals surface area contributed by atoms with Crippen molar-refractivity contribution in [2.24, 2.45) is 0 Å². The van der Waals surface area contributed by atoms with Crippen LogP contribution in [-0.2, 0) is 0 Å². The molecule has 0 bridgehead atoms. The molecule has 2 aromatic rings. The number of hydrogen-bond donors (Lipinski definition) is 1. The minimum absolute atomic E-state index is 0.0195. The molecule has 1 saturated heterocycles. The Labute approximate surface area is 142 Å². The van der Waals surface area contributed by atoms with Crippen LogP contribution in [0.25, 0.3) is 0 Å². The third-order valence-electron chi connectivity index (χ3n) is 4.59. The summed E-state index contributed by atoms with van der Waals surface area (Å²) in [6.45, 7) is 8.29. The quantitative estimate of drug-likeness (QED) is 0.922. The van der Waals surface area contributed by atoms with Gasteiger partial charge in [-0.1, -0.05) is 17.7 Å². The number of benzene rings is 1. The lowest BCUT2D eigenvalue weighted by Gasteiger charge is -2.35. The molecule has 5 heteroatoms. The van der Waals surface area contributed by atoms with Crippen molar-refractivity contribution < 1.29 is 9.59 Å². The molecule has 2 amide bonds. The number of rotatable bonds is 2. The molecule has 0 aliphatic carbocycles. The fraction of sp³-hybridized carbons (Fsp3) is 0.368. The van der Waals surface area contributed by atoms with Crippen LogP contribution in [0.15, 0.2) is 30.6 Å². The molecule has 5 nitrogen and oxygen atoms in total. The van der Waals surface area contributed by atoms with Crippen LogP contribution in [0.4, 0.5) is 0 Å². The molecule has 1 aromatic carbocycles. The minimum Gasteiger partial charge on any atom is -0.367 e. The third kappa shape index (κ3) is 3.07. The zero-order chi connectivity index (χ0) is 17.3. The third-order valence-corrected chi connectivity index (χ3v) is 4.59. The average molecular weight is 325 g/mol. The summed E-state index contributed by atoms with van der Waals surface area (Å²) in [5, 5.41) is 0. The van der Waals surface area contributed by atoms with Crippen LogP contribution in [0.5, 0.6) is 0 Å². The number of amides is 2. The van der Waals surface area contributed by atoms with Crippen LogP contribution in [0.2, 0.25) is 0 Å². The van der Waals surface area contributed by atoms with E-state index in [-0.39, 0.29) is 11.8 Å². The molecule has 0 spiro atoms. The summed E-state index contributed by atoms with van der Waals surface area (Å²) >= 11 is 0. The van der Waals surface area contributed by atoms with E-state index in [9.17, 15) is 9.59 Å². The number of nitrogens with one attached hydrogen (secondary N) is 1. The van der Waals surface area contributed by atoms with E-state index in [1.165, 1.54) is 5.56 Å². The standard InChI is InChI=1S/C19H23N3O2/c1-13-10-14(2)17(15(3)11-13)19(24)22-8-6-21(7-9-22)18(23)16-4-5-20-12-16/h4-5,10-12,20H,6-9H2,1-3H3. The van der Waals surface area contributed by atoms with Crippen molar-refractivity contribution >= 4 is 11.8 Å². The number of carbonyl (C=O) groups excluding carboxylic acids is 2. The predicted octanol–water partition coefficient (Wildman–Crippen LogP) is 2.54. The van der Waals surface area contributed by atoms with Crippen molar-refractivity contribution in [3.05, 3.63) is 58.4 Å². The zero-order valence-electron chi connectivity index (χ0n) is 14.4. The molecular formula is C19H23N3O2. The molecular weight excluding hydrogens is 302 g/mol. The Hall–Kier alpha value is -2.56. The molecule has 1 N–H and O–H groups in total. The van der Waals surface area contributed by atoms with E-state index in [0.29, 0.717) is 31.7 Å². The van der Waals surface area contributed by atoms with Gasteiger partial charge in [-0.05, 0) is 38.0 Å². The topological polar surface area (TPSA) is 56.4 Å². The first kappa shape index (κ1) is 16.3. The van der Waals surface area contributed by atoms with Crippen LogP contribution in [0, 0.1) is 20.8 Å². The maximum absolute atomic E-state index is 12.9. The second-order valence-electron chi connectivity index (χ2n) is 6.46. The second-order valence-corrected chi connectivity index (χ2v) is 6.46. The number of H-pyrrole nitrogens is 1. The van der Waals surface area contributed by atoms with Crippen molar-refractivity contribution in [1.29, 1.82) is 0 Å². The summed E-state index contributed by atoms with van der Waals surface area (Å²) < 4.78 is 0. The fourth-order valence-electron chi connectivity index (χ4n) is 3.43. The minimum atomic E-state index is 0.0195. The summed E-state index contributed by atoms with van der Waals surface area (Å²) in [6.07, 6.45) is 3.45. The van der Waals surface area contributed by atoms with Crippen LogP contribution in [0.1, 0.15) is 37.4 Å². The lowest BCUT2D eigenvalue weighted by molar-refractivity contribution is 0.0534. The molecule has 0 radical (unpaired) electrons. The molecule has 1 aliphatic rings. The Morgan fingerprint density at radius 3 is 1.96 bits per heavy atom. The highest BCUT2D eigenvalue weighted by molar-refractivity contribution is 5.98. The largest absolute Gasteiger partial charge is 0.367 e. The van der Waals surface area contributed by atoms with Gasteiger partial charge in [0.2, 0.25) is 0 Å². The predicted molar refractivity (Wildman–Crippen MR) is 93.3 cm³/mol. The molecule has 3 rings (SSSR count). The van der Waals surface area contributed by atoms with Gasteiger partial charge in [0.25, 0.3) is 11.8 Å². The number of nitrogens with zero attached hydrogens (tertiary/aromatic N) is 2. The number of aromatic nitrogens is 1. The van der Waals surface area contributed by atoms with Gasteiger partial charge in [-0.2, -0.15) is 0 Å². The Morgan fingerprint density at radius 1 is 0.917 bits per heavy atom. The summed E-state index contributed by atoms with van der Waals surface area (Å²) in [4.78, 5) is 31.8. The van der Waals surface area contributed by atoms with Gasteiger partial charge in [0.05, 0.1) is 5.56 Å². The molecule has 2 heterocycles. The monoisotopic (exact) mass is 325 g/mol. The smallest absolute Gasteiger partial charge is 0.255 e. The van der Waals surface area contributed by atoms with Crippen molar-refractivity contribution in [2.75, 3.05) is 26.2 Å². The molecule has 1 fully saturated rings. The summed E-state index contributed by atoms with van der Waals surface area (Å²) in [6, 6.07) is 5.87. The fourth-order valence-corrected chi connectivity index (χ4v) is 3.43. The Bertz CT molecular complexity index is 734. The average Bonchev–Trinajstić information content (AvgIpc) is 3.07. The highest BCUT2D eigenvalue weighted by Crippen LogP contribution is 2.19. The Kier molecular flexibility index (Phi) is 4.42. The molecule has 24 heavy (non-hydrogen) atoms. The molecule has 1 aliphatic heterocycles. The van der Waals surface area contributed by atoms with Gasteiger partial charge in [-0.15, -0.1) is 0 Å². The van der Waals surface area contributed by atoms with Gasteiger partial charge in [0.1, 0.15) is 0 Å². The van der Waals surface area contributed by atoms with Crippen molar-refractivity contribution in [3.8, 4) is 0 Å². The van der Waals surface area contributed by atoms with Gasteiger partial charge < -0.3 is 14.8 Å². The highest BCUT2D eigenvalue weighted by atomic mass is 16.2. The van der Waals surface area contributed by atoms with E-state index >= 15 is 0 Å². The SMILES string of the molecule is Cc1cc(C)c(C(=O)N2CCN(C(=O)c3cc[nH]c3)CC2)c(C)c1. The summed E-state index contributed by atoms with van der Waals surface area (Å²) in [5.41, 5.74) is 4.67. The van der Waals surface area contributed by atoms with Gasteiger partial charge >= 0.3 is 0 Å². The number of carbonyl (C=O) groups is 2. The maximum atomic E-state index is 12.9. The first-order valence-electron chi connectivity index (χ1n) is 8.26. The van der Waals surface area contributed by atoms with Crippen molar-refractivity contribution in [1.82, 2.24) is 14.8 Å². The van der Waals surface area contributed by atoms with Gasteiger partial charge in [-0.25, -0.2) is 0 Å². The van der Waals surface area contributed by atoms with Crippen molar-refractivity contribution in [3.63, 3.8) is 0 Å².